The molecule has 0 fully saturated rings. The molecule has 0 aliphatic rings. The number of aryl methyl sites for hydroxylation is 1. The van der Waals surface area contributed by atoms with E-state index in [0.29, 0.717) is 19.7 Å². The molecule has 0 bridgehead atoms. The molecule has 0 saturated carbocycles. The van der Waals surface area contributed by atoms with Gasteiger partial charge in [-0.3, -0.25) is 4.79 Å². The molecule has 0 heterocycles. The Morgan fingerprint density at radius 2 is 2.21 bits per heavy atom. The number of nitrogens with one attached hydrogen (secondary N) is 2. The number of rotatable bonds is 8. The highest BCUT2D eigenvalue weighted by Gasteiger charge is 2.07. The molecule has 19 heavy (non-hydrogen) atoms. The first-order chi connectivity index (χ1) is 9.13. The van der Waals surface area contributed by atoms with Gasteiger partial charge in [0.05, 0.1) is 6.54 Å². The average molecular weight is 264 g/mol. The first-order valence-corrected chi connectivity index (χ1v) is 6.69. The summed E-state index contributed by atoms with van der Waals surface area (Å²) in [6.07, 6.45) is 0.843. The maximum atomic E-state index is 11.6. The van der Waals surface area contributed by atoms with Crippen LogP contribution >= 0.6 is 0 Å². The van der Waals surface area contributed by atoms with Crippen LogP contribution in [0.2, 0.25) is 0 Å². The van der Waals surface area contributed by atoms with Crippen molar-refractivity contribution in [3.63, 3.8) is 0 Å². The van der Waals surface area contributed by atoms with Crippen molar-refractivity contribution >= 4 is 5.91 Å². The van der Waals surface area contributed by atoms with Crippen LogP contribution < -0.4 is 10.6 Å². The van der Waals surface area contributed by atoms with Crippen LogP contribution in [0.5, 0.6) is 0 Å². The first-order valence-electron chi connectivity index (χ1n) is 6.69. The molecule has 4 nitrogen and oxygen atoms in total. The summed E-state index contributed by atoms with van der Waals surface area (Å²) in [5.41, 5.74) is 2.43. The van der Waals surface area contributed by atoms with Crippen molar-refractivity contribution in [2.45, 2.75) is 26.3 Å². The van der Waals surface area contributed by atoms with Crippen molar-refractivity contribution in [2.24, 2.45) is 0 Å². The molecule has 2 N–H and O–H groups in total. The second-order valence-corrected chi connectivity index (χ2v) is 4.71. The summed E-state index contributed by atoms with van der Waals surface area (Å²) in [5.74, 6) is 0.0237. The molecular formula is C15H24N2O2. The number of hydrogen-bond acceptors (Lipinski definition) is 3. The van der Waals surface area contributed by atoms with E-state index in [0.717, 1.165) is 6.42 Å². The molecule has 0 unspecified atom stereocenters. The van der Waals surface area contributed by atoms with Gasteiger partial charge in [0.2, 0.25) is 5.91 Å². The average Bonchev–Trinajstić information content (AvgIpc) is 2.41. The Bertz CT molecular complexity index is 393. The third-order valence-electron chi connectivity index (χ3n) is 2.96. The second-order valence-electron chi connectivity index (χ2n) is 4.71. The van der Waals surface area contributed by atoms with Crippen molar-refractivity contribution in [1.29, 1.82) is 0 Å². The fraction of sp³-hybridized carbons (Fsp3) is 0.533. The van der Waals surface area contributed by atoms with Gasteiger partial charge in [0.15, 0.2) is 0 Å². The lowest BCUT2D eigenvalue weighted by atomic mass is 10.1. The zero-order valence-electron chi connectivity index (χ0n) is 12.0. The van der Waals surface area contributed by atoms with E-state index in [9.17, 15) is 4.79 Å². The van der Waals surface area contributed by atoms with E-state index < -0.39 is 0 Å². The summed E-state index contributed by atoms with van der Waals surface area (Å²) in [6.45, 7) is 5.80. The monoisotopic (exact) mass is 264 g/mol. The van der Waals surface area contributed by atoms with Crippen molar-refractivity contribution in [3.8, 4) is 0 Å². The van der Waals surface area contributed by atoms with Crippen LogP contribution in [0.1, 0.15) is 30.5 Å². The predicted molar refractivity (Wildman–Crippen MR) is 77.1 cm³/mol. The Labute approximate surface area is 115 Å². The highest BCUT2D eigenvalue weighted by atomic mass is 16.5. The third-order valence-corrected chi connectivity index (χ3v) is 2.96. The van der Waals surface area contributed by atoms with Gasteiger partial charge >= 0.3 is 0 Å². The summed E-state index contributed by atoms with van der Waals surface area (Å²) < 4.78 is 4.92. The molecule has 1 amide bonds. The molecule has 106 valence electrons. The largest absolute Gasteiger partial charge is 0.385 e. The Kier molecular flexibility index (Phi) is 7.15. The topological polar surface area (TPSA) is 50.4 Å². The lowest BCUT2D eigenvalue weighted by molar-refractivity contribution is -0.120. The Morgan fingerprint density at radius 1 is 1.42 bits per heavy atom. The fourth-order valence-electron chi connectivity index (χ4n) is 1.81. The van der Waals surface area contributed by atoms with E-state index >= 15 is 0 Å². The second kappa shape index (κ2) is 8.67. The van der Waals surface area contributed by atoms with Crippen molar-refractivity contribution in [1.82, 2.24) is 10.6 Å². The molecule has 1 aromatic rings. The number of methoxy groups -OCH3 is 1. The minimum atomic E-state index is 0.0237. The maximum Gasteiger partial charge on any atom is 0.233 e. The molecule has 0 radical (unpaired) electrons. The molecule has 1 aromatic carbocycles. The lowest BCUT2D eigenvalue weighted by Crippen LogP contribution is -2.35. The predicted octanol–water partition coefficient (Wildman–Crippen LogP) is 1.80. The molecule has 0 spiro atoms. The lowest BCUT2D eigenvalue weighted by Gasteiger charge is -2.14. The Hall–Kier alpha value is -1.39. The van der Waals surface area contributed by atoms with Gasteiger partial charge in [-0.2, -0.15) is 0 Å². The molecule has 0 aliphatic carbocycles. The highest BCUT2D eigenvalue weighted by molar-refractivity contribution is 5.77. The van der Waals surface area contributed by atoms with E-state index in [2.05, 4.69) is 42.7 Å². The summed E-state index contributed by atoms with van der Waals surface area (Å²) in [7, 11) is 1.66. The minimum Gasteiger partial charge on any atom is -0.385 e. The first kappa shape index (κ1) is 15.7. The summed E-state index contributed by atoms with van der Waals surface area (Å²) in [6, 6.07) is 8.48. The van der Waals surface area contributed by atoms with Gasteiger partial charge in [-0.1, -0.05) is 29.8 Å². The summed E-state index contributed by atoms with van der Waals surface area (Å²) in [5, 5.41) is 6.08. The molecule has 1 rings (SSSR count). The Morgan fingerprint density at radius 3 is 2.89 bits per heavy atom. The zero-order chi connectivity index (χ0) is 14.1. The molecule has 4 heteroatoms. The van der Waals surface area contributed by atoms with Gasteiger partial charge in [-0.05, 0) is 25.8 Å². The van der Waals surface area contributed by atoms with E-state index in [-0.39, 0.29) is 11.9 Å². The van der Waals surface area contributed by atoms with Crippen molar-refractivity contribution < 1.29 is 9.53 Å². The van der Waals surface area contributed by atoms with Gasteiger partial charge in [0.25, 0.3) is 0 Å². The summed E-state index contributed by atoms with van der Waals surface area (Å²) >= 11 is 0. The van der Waals surface area contributed by atoms with Crippen molar-refractivity contribution in [2.75, 3.05) is 26.8 Å². The van der Waals surface area contributed by atoms with Gasteiger partial charge in [0.1, 0.15) is 0 Å². The van der Waals surface area contributed by atoms with Crippen LogP contribution in [-0.2, 0) is 9.53 Å². The van der Waals surface area contributed by atoms with E-state index in [4.69, 9.17) is 4.74 Å². The van der Waals surface area contributed by atoms with Gasteiger partial charge < -0.3 is 15.4 Å². The number of ether oxygens (including phenoxy) is 1. The van der Waals surface area contributed by atoms with Gasteiger partial charge in [-0.25, -0.2) is 0 Å². The van der Waals surface area contributed by atoms with Gasteiger partial charge in [0, 0.05) is 26.3 Å². The highest BCUT2D eigenvalue weighted by Crippen LogP contribution is 2.13. The number of carbonyl (C=O) groups is 1. The van der Waals surface area contributed by atoms with Crippen LogP contribution in [0.3, 0.4) is 0 Å². The van der Waals surface area contributed by atoms with Crippen LogP contribution in [-0.4, -0.2) is 32.7 Å². The van der Waals surface area contributed by atoms with Gasteiger partial charge in [-0.15, -0.1) is 0 Å². The molecular weight excluding hydrogens is 240 g/mol. The van der Waals surface area contributed by atoms with E-state index in [1.54, 1.807) is 7.11 Å². The fourth-order valence-corrected chi connectivity index (χ4v) is 1.81. The number of hydrogen-bond donors (Lipinski definition) is 2. The minimum absolute atomic E-state index is 0.0237. The van der Waals surface area contributed by atoms with Crippen LogP contribution in [0.15, 0.2) is 24.3 Å². The van der Waals surface area contributed by atoms with E-state index in [1.165, 1.54) is 11.1 Å². The number of carbonyl (C=O) groups excluding carboxylic acids is 1. The summed E-state index contributed by atoms with van der Waals surface area (Å²) in [4.78, 5) is 11.6. The smallest absolute Gasteiger partial charge is 0.233 e. The molecule has 0 aliphatic heterocycles. The standard InChI is InChI=1S/C15H24N2O2/c1-12-6-4-7-14(10-12)13(2)17-11-15(18)16-8-5-9-19-3/h4,6-7,10,13,17H,5,8-9,11H2,1-3H3,(H,16,18)/t13-/m1/s1. The van der Waals surface area contributed by atoms with Crippen LogP contribution in [0.4, 0.5) is 0 Å². The van der Waals surface area contributed by atoms with Crippen LogP contribution in [0.25, 0.3) is 0 Å². The van der Waals surface area contributed by atoms with Crippen LogP contribution in [0, 0.1) is 6.92 Å². The Balaban J connectivity index is 2.26. The number of benzene rings is 1. The van der Waals surface area contributed by atoms with E-state index in [1.807, 2.05) is 6.07 Å². The maximum absolute atomic E-state index is 11.6. The SMILES string of the molecule is COCCCNC(=O)CN[C@H](C)c1cccc(C)c1. The zero-order valence-corrected chi connectivity index (χ0v) is 12.0. The third kappa shape index (κ3) is 6.36. The molecule has 0 saturated heterocycles. The molecule has 1 atom stereocenters. The quantitative estimate of drug-likeness (QED) is 0.704. The normalized spacial score (nSPS) is 12.2. The number of amides is 1. The molecule has 0 aromatic heterocycles. The van der Waals surface area contributed by atoms with Crippen molar-refractivity contribution in [3.05, 3.63) is 35.4 Å².